The molecular weight excluding hydrogens is 312 g/mol. The van der Waals surface area contributed by atoms with Gasteiger partial charge in [0.1, 0.15) is 11.2 Å². The number of nitro groups is 1. The van der Waals surface area contributed by atoms with E-state index in [0.717, 1.165) is 0 Å². The summed E-state index contributed by atoms with van der Waals surface area (Å²) >= 11 is 6.03. The fourth-order valence-corrected chi connectivity index (χ4v) is 2.14. The maximum absolute atomic E-state index is 10.9. The van der Waals surface area contributed by atoms with Gasteiger partial charge in [0.25, 0.3) is 0 Å². The number of nitrogens with zero attached hydrogens (tertiary/aromatic N) is 5. The standard InChI is InChI=1S/C12H9ClN6O3/c1-14-8-4-7(5-16-12(8)19(20)21)22-9-6-17-18-3-2-15-11(13)10(9)18/h2-6,14H,1H3. The third-order valence-corrected chi connectivity index (χ3v) is 3.14. The molecule has 3 heterocycles. The lowest BCUT2D eigenvalue weighted by molar-refractivity contribution is -0.388. The molecule has 0 aromatic carbocycles. The SMILES string of the molecule is CNc1cc(Oc2cnn3ccnc(Cl)c23)cnc1[N+](=O)[O-]. The van der Waals surface area contributed by atoms with Crippen LogP contribution in [0.15, 0.2) is 30.9 Å². The lowest BCUT2D eigenvalue weighted by Crippen LogP contribution is -1.99. The monoisotopic (exact) mass is 320 g/mol. The minimum Gasteiger partial charge on any atom is -0.449 e. The first-order chi connectivity index (χ1) is 10.6. The molecule has 112 valence electrons. The molecule has 1 N–H and O–H groups in total. The first kappa shape index (κ1) is 14.0. The molecule has 0 aliphatic heterocycles. The molecule has 3 rings (SSSR count). The summed E-state index contributed by atoms with van der Waals surface area (Å²) in [6.45, 7) is 0. The number of hydrogen-bond acceptors (Lipinski definition) is 7. The highest BCUT2D eigenvalue weighted by Gasteiger charge is 2.18. The van der Waals surface area contributed by atoms with Gasteiger partial charge in [-0.3, -0.25) is 0 Å². The van der Waals surface area contributed by atoms with Crippen molar-refractivity contribution < 1.29 is 9.66 Å². The first-order valence-corrected chi connectivity index (χ1v) is 6.46. The summed E-state index contributed by atoms with van der Waals surface area (Å²) < 4.78 is 7.17. The Hall–Kier alpha value is -2.94. The second-order valence-electron chi connectivity index (χ2n) is 4.17. The highest BCUT2D eigenvalue weighted by molar-refractivity contribution is 6.32. The number of ether oxygens (including phenoxy) is 1. The topological polar surface area (TPSA) is 107 Å². The van der Waals surface area contributed by atoms with Gasteiger partial charge < -0.3 is 20.2 Å². The van der Waals surface area contributed by atoms with E-state index in [1.54, 1.807) is 13.2 Å². The minimum absolute atomic E-state index is 0.235. The molecule has 22 heavy (non-hydrogen) atoms. The number of hydrogen-bond donors (Lipinski definition) is 1. The maximum atomic E-state index is 10.9. The van der Waals surface area contributed by atoms with Crippen LogP contribution in [-0.4, -0.2) is 31.6 Å². The Bertz CT molecular complexity index is 865. The van der Waals surface area contributed by atoms with E-state index in [9.17, 15) is 10.1 Å². The van der Waals surface area contributed by atoms with E-state index < -0.39 is 4.92 Å². The van der Waals surface area contributed by atoms with Crippen LogP contribution in [0, 0.1) is 10.1 Å². The van der Waals surface area contributed by atoms with E-state index in [-0.39, 0.29) is 16.7 Å². The lowest BCUT2D eigenvalue weighted by atomic mass is 10.3. The number of rotatable bonds is 4. The molecule has 0 unspecified atom stereocenters. The number of pyridine rings is 1. The third kappa shape index (κ3) is 2.37. The molecule has 3 aromatic rings. The number of aromatic nitrogens is 4. The summed E-state index contributed by atoms with van der Waals surface area (Å²) in [4.78, 5) is 18.0. The molecule has 3 aromatic heterocycles. The first-order valence-electron chi connectivity index (χ1n) is 6.08. The van der Waals surface area contributed by atoms with Gasteiger partial charge in [-0.1, -0.05) is 11.6 Å². The zero-order chi connectivity index (χ0) is 15.7. The zero-order valence-electron chi connectivity index (χ0n) is 11.2. The fraction of sp³-hybridized carbons (Fsp3) is 0.0833. The Morgan fingerprint density at radius 2 is 2.23 bits per heavy atom. The predicted molar refractivity (Wildman–Crippen MR) is 78.5 cm³/mol. The molecule has 0 fully saturated rings. The normalized spacial score (nSPS) is 10.6. The van der Waals surface area contributed by atoms with Crippen molar-refractivity contribution in [1.29, 1.82) is 0 Å². The van der Waals surface area contributed by atoms with E-state index in [2.05, 4.69) is 20.4 Å². The molecular formula is C12H9ClN6O3. The van der Waals surface area contributed by atoms with Gasteiger partial charge in [0, 0.05) is 25.5 Å². The van der Waals surface area contributed by atoms with Crippen molar-refractivity contribution in [3.63, 3.8) is 0 Å². The average Bonchev–Trinajstić information content (AvgIpc) is 2.91. The largest absolute Gasteiger partial charge is 0.449 e. The Morgan fingerprint density at radius 3 is 2.95 bits per heavy atom. The molecule has 9 nitrogen and oxygen atoms in total. The second kappa shape index (κ2) is 5.45. The Labute approximate surface area is 128 Å². The second-order valence-corrected chi connectivity index (χ2v) is 4.53. The van der Waals surface area contributed by atoms with Crippen LogP contribution in [0.25, 0.3) is 5.52 Å². The number of nitrogens with one attached hydrogen (secondary N) is 1. The van der Waals surface area contributed by atoms with Gasteiger partial charge in [-0.2, -0.15) is 5.10 Å². The van der Waals surface area contributed by atoms with E-state index >= 15 is 0 Å². The van der Waals surface area contributed by atoms with E-state index in [1.165, 1.54) is 29.2 Å². The molecule has 0 amide bonds. The van der Waals surface area contributed by atoms with Gasteiger partial charge in [-0.25, -0.2) is 9.50 Å². The highest BCUT2D eigenvalue weighted by Crippen LogP contribution is 2.32. The molecule has 0 spiro atoms. The average molecular weight is 321 g/mol. The van der Waals surface area contributed by atoms with E-state index in [0.29, 0.717) is 17.0 Å². The lowest BCUT2D eigenvalue weighted by Gasteiger charge is -2.05. The molecule has 0 atom stereocenters. The number of fused-ring (bicyclic) bond motifs is 1. The van der Waals surface area contributed by atoms with Gasteiger partial charge in [0.2, 0.25) is 0 Å². The van der Waals surface area contributed by atoms with Crippen molar-refractivity contribution in [3.8, 4) is 11.5 Å². The third-order valence-electron chi connectivity index (χ3n) is 2.86. The van der Waals surface area contributed by atoms with Crippen molar-refractivity contribution in [3.05, 3.63) is 46.1 Å². The van der Waals surface area contributed by atoms with Gasteiger partial charge in [-0.05, 0) is 9.91 Å². The van der Waals surface area contributed by atoms with Crippen molar-refractivity contribution in [1.82, 2.24) is 19.6 Å². The Balaban J connectivity index is 2.00. The smallest absolute Gasteiger partial charge is 0.387 e. The summed E-state index contributed by atoms with van der Waals surface area (Å²) in [7, 11) is 1.56. The Kier molecular flexibility index (Phi) is 3.47. The molecule has 0 radical (unpaired) electrons. The highest BCUT2D eigenvalue weighted by atomic mass is 35.5. The van der Waals surface area contributed by atoms with Crippen LogP contribution in [0.3, 0.4) is 0 Å². The predicted octanol–water partition coefficient (Wildman–Crippen LogP) is 2.52. The van der Waals surface area contributed by atoms with Gasteiger partial charge in [-0.15, -0.1) is 0 Å². The number of halogens is 1. The van der Waals surface area contributed by atoms with E-state index in [4.69, 9.17) is 16.3 Å². The van der Waals surface area contributed by atoms with Gasteiger partial charge in [0.15, 0.2) is 22.8 Å². The fourth-order valence-electron chi connectivity index (χ4n) is 1.90. The number of anilines is 1. The molecule has 0 saturated carbocycles. The van der Waals surface area contributed by atoms with Crippen molar-refractivity contribution >= 4 is 28.6 Å². The summed E-state index contributed by atoms with van der Waals surface area (Å²) in [5, 5.41) is 17.9. The molecule has 10 heteroatoms. The molecule has 0 bridgehead atoms. The van der Waals surface area contributed by atoms with Gasteiger partial charge >= 0.3 is 5.82 Å². The van der Waals surface area contributed by atoms with Crippen LogP contribution in [0.1, 0.15) is 0 Å². The Morgan fingerprint density at radius 1 is 1.41 bits per heavy atom. The zero-order valence-corrected chi connectivity index (χ0v) is 12.0. The van der Waals surface area contributed by atoms with Gasteiger partial charge in [0.05, 0.1) is 6.20 Å². The van der Waals surface area contributed by atoms with Crippen LogP contribution < -0.4 is 10.1 Å². The molecule has 0 aliphatic carbocycles. The van der Waals surface area contributed by atoms with Crippen molar-refractivity contribution in [2.75, 3.05) is 12.4 Å². The van der Waals surface area contributed by atoms with Crippen molar-refractivity contribution in [2.45, 2.75) is 0 Å². The molecule has 0 saturated heterocycles. The summed E-state index contributed by atoms with van der Waals surface area (Å²) in [6, 6.07) is 1.47. The van der Waals surface area contributed by atoms with Crippen LogP contribution >= 0.6 is 11.6 Å². The maximum Gasteiger partial charge on any atom is 0.387 e. The summed E-state index contributed by atoms with van der Waals surface area (Å²) in [5.41, 5.74) is 0.733. The van der Waals surface area contributed by atoms with Crippen molar-refractivity contribution in [2.24, 2.45) is 0 Å². The van der Waals surface area contributed by atoms with E-state index in [1.807, 2.05) is 0 Å². The van der Waals surface area contributed by atoms with Crippen LogP contribution in [-0.2, 0) is 0 Å². The van der Waals surface area contributed by atoms with Crippen LogP contribution in [0.2, 0.25) is 5.15 Å². The van der Waals surface area contributed by atoms with Crippen LogP contribution in [0.4, 0.5) is 11.5 Å². The summed E-state index contributed by atoms with van der Waals surface area (Å²) in [6.07, 6.45) is 5.87. The minimum atomic E-state index is -0.578. The summed E-state index contributed by atoms with van der Waals surface area (Å²) in [5.74, 6) is 0.398. The quantitative estimate of drug-likeness (QED) is 0.581. The van der Waals surface area contributed by atoms with Crippen LogP contribution in [0.5, 0.6) is 11.5 Å². The molecule has 0 aliphatic rings.